The van der Waals surface area contributed by atoms with Crippen molar-refractivity contribution in [2.75, 3.05) is 20.0 Å². The van der Waals surface area contributed by atoms with Crippen molar-refractivity contribution in [2.45, 2.75) is 76.3 Å². The van der Waals surface area contributed by atoms with Crippen molar-refractivity contribution >= 4 is 23.0 Å². The fourth-order valence-corrected chi connectivity index (χ4v) is 6.66. The number of carboxylic acids is 1. The van der Waals surface area contributed by atoms with Crippen LogP contribution in [0.4, 0.5) is 4.79 Å². The van der Waals surface area contributed by atoms with E-state index in [-0.39, 0.29) is 23.3 Å². The van der Waals surface area contributed by atoms with Crippen molar-refractivity contribution in [1.82, 2.24) is 4.90 Å². The highest BCUT2D eigenvalue weighted by molar-refractivity contribution is 8.13. The van der Waals surface area contributed by atoms with Crippen molar-refractivity contribution in [3.05, 3.63) is 66.3 Å². The molecule has 7 nitrogen and oxygen atoms in total. The first-order valence-electron chi connectivity index (χ1n) is 13.2. The van der Waals surface area contributed by atoms with E-state index in [9.17, 15) is 14.7 Å². The van der Waals surface area contributed by atoms with Crippen LogP contribution in [0, 0.1) is 5.92 Å². The number of hydrogen-bond donors (Lipinski definition) is 1. The normalized spacial score (nSPS) is 26.1. The molecule has 0 bridgehead atoms. The van der Waals surface area contributed by atoms with Crippen molar-refractivity contribution in [3.63, 3.8) is 0 Å². The number of carbonyl (C=O) groups excluding carboxylic acids is 1. The number of hydrogen-bond acceptors (Lipinski definition) is 6. The fraction of sp³-hybridized carbons (Fsp3) is 0.533. The zero-order chi connectivity index (χ0) is 27.7. The number of nitrogens with zero attached hydrogens (tertiary/aromatic N) is 1. The van der Waals surface area contributed by atoms with Crippen LogP contribution in [0.2, 0.25) is 0 Å². The molecule has 8 heteroatoms. The van der Waals surface area contributed by atoms with E-state index in [0.717, 1.165) is 36.1 Å². The van der Waals surface area contributed by atoms with Gasteiger partial charge >= 0.3 is 5.97 Å². The molecule has 0 radical (unpaired) electrons. The van der Waals surface area contributed by atoms with Crippen LogP contribution in [-0.2, 0) is 20.8 Å². The van der Waals surface area contributed by atoms with E-state index in [4.69, 9.17) is 14.2 Å². The van der Waals surface area contributed by atoms with Crippen molar-refractivity contribution in [1.29, 1.82) is 0 Å². The molecule has 1 amide bonds. The summed E-state index contributed by atoms with van der Waals surface area (Å²) in [5.74, 6) is -1.02. The van der Waals surface area contributed by atoms with Gasteiger partial charge in [0.25, 0.3) is 5.24 Å². The van der Waals surface area contributed by atoms with Crippen LogP contribution in [0.3, 0.4) is 0 Å². The number of methoxy groups -OCH3 is 2. The molecule has 38 heavy (non-hydrogen) atoms. The first-order valence-corrected chi connectivity index (χ1v) is 14.2. The average molecular weight is 544 g/mol. The molecule has 208 valence electrons. The second-order valence-corrected chi connectivity index (χ2v) is 11.0. The molecule has 1 aromatic carbocycles. The highest BCUT2D eigenvalue weighted by Crippen LogP contribution is 2.46. The smallest absolute Gasteiger partial charge is 0.331 e. The zero-order valence-corrected chi connectivity index (χ0v) is 23.6. The van der Waals surface area contributed by atoms with Gasteiger partial charge in [-0.2, -0.15) is 0 Å². The van der Waals surface area contributed by atoms with Gasteiger partial charge in [-0.05, 0) is 69.1 Å². The SMILES string of the molecule is C=CCCC[C@@H]1C[C@@H](/C(C(=O)O)=C(\C)CCC=C)C[C@](OC)([C@@H]2CSC(=O)N2Cc2ccc(OC)cc2)O1. The third kappa shape index (κ3) is 7.10. The Morgan fingerprint density at radius 2 is 1.95 bits per heavy atom. The first kappa shape index (κ1) is 30.0. The largest absolute Gasteiger partial charge is 0.497 e. The van der Waals surface area contributed by atoms with E-state index in [2.05, 4.69) is 13.2 Å². The molecule has 2 aliphatic heterocycles. The molecule has 2 saturated heterocycles. The monoisotopic (exact) mass is 543 g/mol. The molecule has 0 unspecified atom stereocenters. The number of carboxylic acid groups (broad SMARTS) is 1. The molecular weight excluding hydrogens is 502 g/mol. The van der Waals surface area contributed by atoms with Gasteiger partial charge in [-0.15, -0.1) is 13.2 Å². The molecule has 2 heterocycles. The summed E-state index contributed by atoms with van der Waals surface area (Å²) in [4.78, 5) is 27.4. The topological polar surface area (TPSA) is 85.3 Å². The predicted octanol–water partition coefficient (Wildman–Crippen LogP) is 6.59. The van der Waals surface area contributed by atoms with Crippen LogP contribution in [0.15, 0.2) is 60.7 Å². The maximum absolute atomic E-state index is 13.1. The van der Waals surface area contributed by atoms with Crippen LogP contribution in [0.5, 0.6) is 5.75 Å². The molecule has 1 aromatic rings. The Bertz CT molecular complexity index is 1020. The van der Waals surface area contributed by atoms with Gasteiger partial charge in [-0.25, -0.2) is 4.79 Å². The van der Waals surface area contributed by atoms with Gasteiger partial charge in [0.15, 0.2) is 5.79 Å². The third-order valence-corrected chi connectivity index (χ3v) is 8.51. The minimum Gasteiger partial charge on any atom is -0.497 e. The highest BCUT2D eigenvalue weighted by Gasteiger charge is 2.54. The van der Waals surface area contributed by atoms with E-state index in [1.807, 2.05) is 48.2 Å². The summed E-state index contributed by atoms with van der Waals surface area (Å²) in [5.41, 5.74) is 2.26. The number of thioether (sulfide) groups is 1. The maximum Gasteiger partial charge on any atom is 0.331 e. The van der Waals surface area contributed by atoms with E-state index in [1.165, 1.54) is 11.8 Å². The minimum absolute atomic E-state index is 0.0349. The van der Waals surface area contributed by atoms with Gasteiger partial charge in [0.2, 0.25) is 0 Å². The Balaban J connectivity index is 1.97. The quantitative estimate of drug-likeness (QED) is 0.161. The summed E-state index contributed by atoms with van der Waals surface area (Å²) in [7, 11) is 3.23. The number of benzene rings is 1. The Morgan fingerprint density at radius 1 is 1.24 bits per heavy atom. The minimum atomic E-state index is -1.12. The van der Waals surface area contributed by atoms with Gasteiger partial charge in [0, 0.05) is 31.4 Å². The van der Waals surface area contributed by atoms with Crippen molar-refractivity contribution in [3.8, 4) is 5.75 Å². The van der Waals surface area contributed by atoms with Crippen LogP contribution < -0.4 is 4.74 Å². The van der Waals surface area contributed by atoms with Gasteiger partial charge in [-0.3, -0.25) is 4.79 Å². The fourth-order valence-electron chi connectivity index (χ4n) is 5.57. The lowest BCUT2D eigenvalue weighted by atomic mass is 9.78. The summed E-state index contributed by atoms with van der Waals surface area (Å²) in [6, 6.07) is 7.29. The number of amides is 1. The second kappa shape index (κ2) is 14.0. The summed E-state index contributed by atoms with van der Waals surface area (Å²) in [6.45, 7) is 9.91. The number of carbonyl (C=O) groups is 2. The Kier molecular flexibility index (Phi) is 11.1. The third-order valence-electron chi connectivity index (χ3n) is 7.54. The number of unbranched alkanes of at least 4 members (excludes halogenated alkanes) is 1. The number of rotatable bonds is 14. The van der Waals surface area contributed by atoms with E-state index in [0.29, 0.717) is 43.6 Å². The lowest BCUT2D eigenvalue weighted by Gasteiger charge is -2.49. The standard InChI is InChI=1S/C30H41NO6S/c1-6-8-10-12-25-17-23(27(28(32)33)21(3)11-9-7-2)18-30(36-5,37-25)26-20-38-29(34)31(26)19-22-13-15-24(35-4)16-14-22/h6-7,13-16,23,25-26H,1-2,8-12,17-20H2,3-5H3,(H,32,33)/b27-21-/t23-,25-,26+,30-/m1/s1. The number of aliphatic carboxylic acids is 1. The summed E-state index contributed by atoms with van der Waals surface area (Å²) in [5, 5.41) is 10.2. The molecule has 0 saturated carbocycles. The van der Waals surface area contributed by atoms with Crippen LogP contribution in [-0.4, -0.2) is 59.1 Å². The van der Waals surface area contributed by atoms with Gasteiger partial charge < -0.3 is 24.2 Å². The molecule has 0 aromatic heterocycles. The number of ether oxygens (including phenoxy) is 3. The lowest BCUT2D eigenvalue weighted by Crippen LogP contribution is -2.59. The zero-order valence-electron chi connectivity index (χ0n) is 22.8. The molecule has 1 N–H and O–H groups in total. The lowest BCUT2D eigenvalue weighted by molar-refractivity contribution is -0.297. The van der Waals surface area contributed by atoms with Crippen LogP contribution in [0.25, 0.3) is 0 Å². The molecule has 2 fully saturated rings. The summed E-state index contributed by atoms with van der Waals surface area (Å²) < 4.78 is 18.2. The molecule has 2 aliphatic rings. The van der Waals surface area contributed by atoms with Gasteiger partial charge in [0.05, 0.1) is 19.3 Å². The summed E-state index contributed by atoms with van der Waals surface area (Å²) >= 11 is 1.25. The second-order valence-electron chi connectivity index (χ2n) is 10.0. The van der Waals surface area contributed by atoms with Crippen LogP contribution >= 0.6 is 11.8 Å². The first-order chi connectivity index (χ1) is 18.3. The molecule has 0 spiro atoms. The Labute approximate surface area is 230 Å². The molecule has 3 rings (SSSR count). The molecule has 4 atom stereocenters. The van der Waals surface area contributed by atoms with Crippen LogP contribution in [0.1, 0.15) is 57.4 Å². The van der Waals surface area contributed by atoms with Crippen molar-refractivity contribution < 1.29 is 28.9 Å². The summed E-state index contributed by atoms with van der Waals surface area (Å²) in [6.07, 6.45) is 8.32. The van der Waals surface area contributed by atoms with Gasteiger partial charge in [0.1, 0.15) is 5.75 Å². The average Bonchev–Trinajstić information content (AvgIpc) is 3.28. The molecular formula is C30H41NO6S. The maximum atomic E-state index is 13.1. The van der Waals surface area contributed by atoms with E-state index >= 15 is 0 Å². The Hall–Kier alpha value is -2.55. The number of allylic oxidation sites excluding steroid dienone is 3. The molecule has 0 aliphatic carbocycles. The predicted molar refractivity (Wildman–Crippen MR) is 151 cm³/mol. The van der Waals surface area contributed by atoms with Gasteiger partial charge in [-0.1, -0.05) is 41.6 Å². The van der Waals surface area contributed by atoms with Crippen molar-refractivity contribution in [2.24, 2.45) is 5.92 Å². The Morgan fingerprint density at radius 3 is 2.55 bits per heavy atom. The highest BCUT2D eigenvalue weighted by atomic mass is 32.2. The van der Waals surface area contributed by atoms with E-state index < -0.39 is 11.8 Å². The van der Waals surface area contributed by atoms with E-state index in [1.54, 1.807) is 14.2 Å².